The van der Waals surface area contributed by atoms with E-state index in [4.69, 9.17) is 14.3 Å². The molecule has 3 rings (SSSR count). The van der Waals surface area contributed by atoms with Crippen LogP contribution in [0.5, 0.6) is 11.5 Å². The van der Waals surface area contributed by atoms with Crippen molar-refractivity contribution in [2.75, 3.05) is 7.11 Å². The molecule has 2 aliphatic rings. The minimum absolute atomic E-state index is 0.244. The summed E-state index contributed by atoms with van der Waals surface area (Å²) in [5.41, 5.74) is 4.42. The number of hydrogen-bond acceptors (Lipinski definition) is 6. The Hall–Kier alpha value is -2.63. The third kappa shape index (κ3) is 4.26. The Bertz CT molecular complexity index is 839. The van der Waals surface area contributed by atoms with Gasteiger partial charge in [-0.2, -0.15) is 0 Å². The molecule has 6 heteroatoms. The van der Waals surface area contributed by atoms with Crippen LogP contribution >= 0.6 is 0 Å². The fraction of sp³-hybridized carbons (Fsp3) is 0.500. The molecule has 2 bridgehead atoms. The van der Waals surface area contributed by atoms with E-state index in [1.54, 1.807) is 19.2 Å². The molecule has 2 unspecified atom stereocenters. The fourth-order valence-corrected chi connectivity index (χ4v) is 4.43. The Labute approximate surface area is 165 Å². The molecule has 0 heterocycles. The summed E-state index contributed by atoms with van der Waals surface area (Å²) in [6.45, 7) is 4.73. The first-order valence-electron chi connectivity index (χ1n) is 9.77. The van der Waals surface area contributed by atoms with Crippen LogP contribution < -0.4 is 9.47 Å². The van der Waals surface area contributed by atoms with E-state index in [0.29, 0.717) is 11.8 Å². The highest BCUT2D eigenvalue weighted by atomic mass is 16.6. The molecule has 2 aliphatic carbocycles. The standard InChI is InChI=1S/C22H27NO5/c1-5-19(23-26-4)22-17-7-6-15(10-17)11-18(22)16-8-9-20(27-13(2)24)21(12-16)28-14(3)25/h8-9,12,15,17H,5-7,10-11H2,1-4H3/b23-19+. The number of esters is 2. The second-order valence-corrected chi connectivity index (χ2v) is 7.40. The van der Waals surface area contributed by atoms with Crippen molar-refractivity contribution in [2.24, 2.45) is 17.0 Å². The predicted molar refractivity (Wildman–Crippen MR) is 106 cm³/mol. The van der Waals surface area contributed by atoms with Gasteiger partial charge in [0, 0.05) is 13.8 Å². The minimum Gasteiger partial charge on any atom is -0.423 e. The third-order valence-corrected chi connectivity index (χ3v) is 5.41. The monoisotopic (exact) mass is 385 g/mol. The maximum atomic E-state index is 11.5. The van der Waals surface area contributed by atoms with Crippen LogP contribution in [-0.2, 0) is 14.4 Å². The van der Waals surface area contributed by atoms with Crippen molar-refractivity contribution in [3.63, 3.8) is 0 Å². The van der Waals surface area contributed by atoms with Crippen LogP contribution in [0.15, 0.2) is 28.9 Å². The van der Waals surface area contributed by atoms with Gasteiger partial charge in [-0.25, -0.2) is 0 Å². The van der Waals surface area contributed by atoms with Gasteiger partial charge < -0.3 is 14.3 Å². The summed E-state index contributed by atoms with van der Waals surface area (Å²) >= 11 is 0. The number of nitrogens with zero attached hydrogens (tertiary/aromatic N) is 1. The fourth-order valence-electron chi connectivity index (χ4n) is 4.43. The average Bonchev–Trinajstić information content (AvgIpc) is 3.02. The second-order valence-electron chi connectivity index (χ2n) is 7.40. The number of hydrogen-bond donors (Lipinski definition) is 0. The Morgan fingerprint density at radius 2 is 1.82 bits per heavy atom. The maximum Gasteiger partial charge on any atom is 0.308 e. The van der Waals surface area contributed by atoms with Crippen molar-refractivity contribution in [1.82, 2.24) is 0 Å². The Morgan fingerprint density at radius 3 is 2.46 bits per heavy atom. The Morgan fingerprint density at radius 1 is 1.11 bits per heavy atom. The Kier molecular flexibility index (Phi) is 6.17. The molecule has 150 valence electrons. The number of fused-ring (bicyclic) bond motifs is 2. The highest BCUT2D eigenvalue weighted by Gasteiger charge is 2.37. The molecule has 6 nitrogen and oxygen atoms in total. The molecule has 0 spiro atoms. The first-order chi connectivity index (χ1) is 13.4. The summed E-state index contributed by atoms with van der Waals surface area (Å²) in [5, 5.41) is 4.29. The van der Waals surface area contributed by atoms with E-state index < -0.39 is 11.9 Å². The van der Waals surface area contributed by atoms with Crippen molar-refractivity contribution >= 4 is 23.2 Å². The average molecular weight is 385 g/mol. The predicted octanol–water partition coefficient (Wildman–Crippen LogP) is 4.52. The summed E-state index contributed by atoms with van der Waals surface area (Å²) in [6, 6.07) is 5.40. The van der Waals surface area contributed by atoms with Crippen molar-refractivity contribution in [3.05, 3.63) is 29.3 Å². The molecule has 1 aromatic rings. The highest BCUT2D eigenvalue weighted by molar-refractivity contribution is 6.07. The number of ether oxygens (including phenoxy) is 2. The van der Waals surface area contributed by atoms with Crippen molar-refractivity contribution < 1.29 is 23.9 Å². The van der Waals surface area contributed by atoms with E-state index in [2.05, 4.69) is 12.1 Å². The van der Waals surface area contributed by atoms with Crippen LogP contribution in [0.2, 0.25) is 0 Å². The minimum atomic E-state index is -0.461. The lowest BCUT2D eigenvalue weighted by molar-refractivity contribution is -0.134. The summed E-state index contributed by atoms with van der Waals surface area (Å²) < 4.78 is 10.5. The molecule has 1 saturated carbocycles. The molecule has 0 saturated heterocycles. The molecule has 0 radical (unpaired) electrons. The summed E-state index contributed by atoms with van der Waals surface area (Å²) in [7, 11) is 1.57. The van der Waals surface area contributed by atoms with Gasteiger partial charge in [0.05, 0.1) is 5.71 Å². The van der Waals surface area contributed by atoms with Gasteiger partial charge in [0.15, 0.2) is 11.5 Å². The zero-order valence-electron chi connectivity index (χ0n) is 16.9. The van der Waals surface area contributed by atoms with Gasteiger partial charge in [-0.3, -0.25) is 9.59 Å². The van der Waals surface area contributed by atoms with Gasteiger partial charge in [-0.05, 0) is 72.8 Å². The molecule has 2 atom stereocenters. The van der Waals surface area contributed by atoms with E-state index in [-0.39, 0.29) is 11.5 Å². The van der Waals surface area contributed by atoms with Crippen LogP contribution in [0, 0.1) is 11.8 Å². The normalized spacial score (nSPS) is 21.5. The second kappa shape index (κ2) is 8.59. The number of allylic oxidation sites excluding steroid dienone is 2. The van der Waals surface area contributed by atoms with Gasteiger partial charge in [-0.15, -0.1) is 0 Å². The first-order valence-corrected chi connectivity index (χ1v) is 9.77. The van der Waals surface area contributed by atoms with Crippen LogP contribution in [-0.4, -0.2) is 24.8 Å². The van der Waals surface area contributed by atoms with Gasteiger partial charge in [-0.1, -0.05) is 18.1 Å². The highest BCUT2D eigenvalue weighted by Crippen LogP contribution is 2.49. The first kappa shape index (κ1) is 20.1. The van der Waals surface area contributed by atoms with E-state index in [1.807, 2.05) is 6.07 Å². The SMILES string of the molecule is CC/C(=N\OC)C1=C(c2ccc(OC(C)=O)c(OC(C)=O)c2)CC2CCC1C2. The lowest BCUT2D eigenvalue weighted by Crippen LogP contribution is -2.18. The van der Waals surface area contributed by atoms with Crippen LogP contribution in [0.3, 0.4) is 0 Å². The van der Waals surface area contributed by atoms with Crippen molar-refractivity contribution in [1.29, 1.82) is 0 Å². The number of carbonyl (C=O) groups excluding carboxylic acids is 2. The zero-order chi connectivity index (χ0) is 20.3. The lowest BCUT2D eigenvalue weighted by Gasteiger charge is -2.27. The van der Waals surface area contributed by atoms with Gasteiger partial charge in [0.25, 0.3) is 0 Å². The molecular weight excluding hydrogens is 358 g/mol. The largest absolute Gasteiger partial charge is 0.423 e. The topological polar surface area (TPSA) is 74.2 Å². The molecule has 0 aromatic heterocycles. The Balaban J connectivity index is 2.11. The maximum absolute atomic E-state index is 11.5. The molecule has 1 fully saturated rings. The quantitative estimate of drug-likeness (QED) is 0.311. The number of benzene rings is 1. The van der Waals surface area contributed by atoms with Gasteiger partial charge in [0.2, 0.25) is 0 Å². The molecular formula is C22H27NO5. The van der Waals surface area contributed by atoms with E-state index in [1.165, 1.54) is 37.8 Å². The van der Waals surface area contributed by atoms with Crippen molar-refractivity contribution in [2.45, 2.75) is 52.9 Å². The molecule has 28 heavy (non-hydrogen) atoms. The number of rotatable bonds is 6. The van der Waals surface area contributed by atoms with E-state index in [0.717, 1.165) is 30.5 Å². The van der Waals surface area contributed by atoms with Crippen LogP contribution in [0.1, 0.15) is 58.4 Å². The summed E-state index contributed by atoms with van der Waals surface area (Å²) in [6.07, 6.45) is 5.31. The van der Waals surface area contributed by atoms with Crippen LogP contribution in [0.4, 0.5) is 0 Å². The number of carbonyl (C=O) groups is 2. The zero-order valence-corrected chi connectivity index (χ0v) is 16.9. The molecule has 0 amide bonds. The third-order valence-electron chi connectivity index (χ3n) is 5.41. The van der Waals surface area contributed by atoms with E-state index >= 15 is 0 Å². The lowest BCUT2D eigenvalue weighted by atomic mass is 9.77. The van der Waals surface area contributed by atoms with Gasteiger partial charge in [0.1, 0.15) is 7.11 Å². The summed E-state index contributed by atoms with van der Waals surface area (Å²) in [4.78, 5) is 28.0. The molecule has 0 aliphatic heterocycles. The van der Waals surface area contributed by atoms with Crippen molar-refractivity contribution in [3.8, 4) is 11.5 Å². The summed E-state index contributed by atoms with van der Waals surface area (Å²) in [5.74, 6) is 0.721. The van der Waals surface area contributed by atoms with Crippen LogP contribution in [0.25, 0.3) is 5.57 Å². The smallest absolute Gasteiger partial charge is 0.308 e. The molecule has 0 N–H and O–H groups in total. The molecule has 1 aromatic carbocycles. The van der Waals surface area contributed by atoms with E-state index in [9.17, 15) is 9.59 Å². The van der Waals surface area contributed by atoms with Gasteiger partial charge >= 0.3 is 11.9 Å². The number of oxime groups is 1.